The number of hydrogen-bond acceptors (Lipinski definition) is 7. The van der Waals surface area contributed by atoms with Gasteiger partial charge in [0, 0.05) is 31.9 Å². The highest BCUT2D eigenvalue weighted by atomic mass is 32.2. The van der Waals surface area contributed by atoms with Gasteiger partial charge < -0.3 is 19.9 Å². The molecule has 7 nitrogen and oxygen atoms in total. The Balaban J connectivity index is 1.28. The molecule has 3 aromatic rings. The number of aromatic nitrogens is 2. The summed E-state index contributed by atoms with van der Waals surface area (Å²) < 4.78 is 5.27. The second kappa shape index (κ2) is 10.6. The number of nitrogens with one attached hydrogen (secondary N) is 1. The van der Waals surface area contributed by atoms with Crippen molar-refractivity contribution in [1.82, 2.24) is 10.2 Å². The first-order valence-electron chi connectivity index (χ1n) is 11.0. The number of carbonyl (C=O) groups is 1. The highest BCUT2D eigenvalue weighted by molar-refractivity contribution is 7.99. The van der Waals surface area contributed by atoms with E-state index in [4.69, 9.17) is 4.74 Å². The van der Waals surface area contributed by atoms with Gasteiger partial charge in [-0.3, -0.25) is 4.79 Å². The molecule has 0 atom stereocenters. The van der Waals surface area contributed by atoms with Gasteiger partial charge in [0.05, 0.1) is 18.6 Å². The number of amides is 1. The van der Waals surface area contributed by atoms with E-state index in [0.29, 0.717) is 11.4 Å². The molecule has 1 aliphatic rings. The van der Waals surface area contributed by atoms with Gasteiger partial charge in [-0.25, -0.2) is 0 Å². The van der Waals surface area contributed by atoms with Gasteiger partial charge in [0.1, 0.15) is 10.8 Å². The molecule has 0 unspecified atom stereocenters. The number of rotatable bonds is 7. The summed E-state index contributed by atoms with van der Waals surface area (Å²) in [4.78, 5) is 17.0. The minimum absolute atomic E-state index is 0.113. The van der Waals surface area contributed by atoms with Crippen LogP contribution in [-0.4, -0.2) is 55.1 Å². The van der Waals surface area contributed by atoms with Gasteiger partial charge in [-0.15, -0.1) is 10.2 Å². The van der Waals surface area contributed by atoms with E-state index in [2.05, 4.69) is 57.4 Å². The lowest BCUT2D eigenvalue weighted by Gasteiger charge is -2.37. The summed E-state index contributed by atoms with van der Waals surface area (Å²) in [6, 6.07) is 17.9. The molecule has 0 bridgehead atoms. The summed E-state index contributed by atoms with van der Waals surface area (Å²) in [6.07, 6.45) is 0. The zero-order valence-electron chi connectivity index (χ0n) is 19.2. The Morgan fingerprint density at radius 1 is 1.00 bits per heavy atom. The standard InChI is InChI=1S/C25H29N5O2S/c1-18-8-9-19(2)21(16-18)29-12-14-30(15-13-29)23-10-11-25(28-27-23)33-17-24(31)26-20-6-4-5-7-22(20)32-3/h4-11,16H,12-15,17H2,1-3H3,(H,26,31). The molecule has 2 heterocycles. The molecule has 1 aromatic heterocycles. The predicted molar refractivity (Wildman–Crippen MR) is 135 cm³/mol. The highest BCUT2D eigenvalue weighted by Gasteiger charge is 2.20. The van der Waals surface area contributed by atoms with Crippen molar-refractivity contribution in [1.29, 1.82) is 0 Å². The maximum absolute atomic E-state index is 12.3. The van der Waals surface area contributed by atoms with Gasteiger partial charge in [0.25, 0.3) is 0 Å². The Morgan fingerprint density at radius 2 is 1.76 bits per heavy atom. The average molecular weight is 464 g/mol. The number of aryl methyl sites for hydroxylation is 2. The molecule has 4 rings (SSSR count). The number of methoxy groups -OCH3 is 1. The highest BCUT2D eigenvalue weighted by Crippen LogP contribution is 2.26. The molecule has 1 saturated heterocycles. The molecule has 2 aromatic carbocycles. The van der Waals surface area contributed by atoms with E-state index >= 15 is 0 Å². The fraction of sp³-hybridized carbons (Fsp3) is 0.320. The van der Waals surface area contributed by atoms with Crippen LogP contribution in [0, 0.1) is 13.8 Å². The molecule has 0 aliphatic carbocycles. The van der Waals surface area contributed by atoms with Crippen LogP contribution in [0.15, 0.2) is 59.6 Å². The Labute approximate surface area is 199 Å². The molecule has 0 spiro atoms. The quantitative estimate of drug-likeness (QED) is 0.528. The smallest absolute Gasteiger partial charge is 0.234 e. The van der Waals surface area contributed by atoms with Crippen molar-refractivity contribution in [3.63, 3.8) is 0 Å². The van der Waals surface area contributed by atoms with Crippen LogP contribution in [-0.2, 0) is 4.79 Å². The third-order valence-corrected chi connectivity index (χ3v) is 6.59. The van der Waals surface area contributed by atoms with E-state index in [-0.39, 0.29) is 11.7 Å². The Bertz CT molecular complexity index is 1100. The molecule has 1 amide bonds. The van der Waals surface area contributed by atoms with Crippen molar-refractivity contribution >= 4 is 34.9 Å². The molecule has 1 N–H and O–H groups in total. The normalized spacial score (nSPS) is 13.7. The zero-order chi connectivity index (χ0) is 23.2. The summed E-state index contributed by atoms with van der Waals surface area (Å²) in [5.74, 6) is 1.65. The molecular weight excluding hydrogens is 434 g/mol. The van der Waals surface area contributed by atoms with Crippen molar-refractivity contribution in [2.45, 2.75) is 18.9 Å². The maximum Gasteiger partial charge on any atom is 0.234 e. The number of piperazine rings is 1. The molecule has 33 heavy (non-hydrogen) atoms. The monoisotopic (exact) mass is 463 g/mol. The lowest BCUT2D eigenvalue weighted by Crippen LogP contribution is -2.47. The second-order valence-electron chi connectivity index (χ2n) is 8.03. The van der Waals surface area contributed by atoms with Crippen LogP contribution >= 0.6 is 11.8 Å². The first-order chi connectivity index (χ1) is 16.0. The molecule has 1 fully saturated rings. The van der Waals surface area contributed by atoms with Gasteiger partial charge in [-0.2, -0.15) is 0 Å². The lowest BCUT2D eigenvalue weighted by atomic mass is 10.1. The zero-order valence-corrected chi connectivity index (χ0v) is 20.1. The topological polar surface area (TPSA) is 70.6 Å². The van der Waals surface area contributed by atoms with Crippen LogP contribution in [0.3, 0.4) is 0 Å². The SMILES string of the molecule is COc1ccccc1NC(=O)CSc1ccc(N2CCN(c3cc(C)ccc3C)CC2)nn1. The second-order valence-corrected chi connectivity index (χ2v) is 9.03. The third-order valence-electron chi connectivity index (χ3n) is 5.67. The van der Waals surface area contributed by atoms with Gasteiger partial charge in [-0.1, -0.05) is 36.0 Å². The molecule has 8 heteroatoms. The van der Waals surface area contributed by atoms with E-state index in [1.54, 1.807) is 7.11 Å². The number of thioether (sulfide) groups is 1. The number of hydrogen-bond donors (Lipinski definition) is 1. The molecule has 0 radical (unpaired) electrons. The van der Waals surface area contributed by atoms with E-state index < -0.39 is 0 Å². The van der Waals surface area contributed by atoms with Gasteiger partial charge in [-0.05, 0) is 55.3 Å². The molecule has 172 valence electrons. The van der Waals surface area contributed by atoms with Crippen LogP contribution in [0.5, 0.6) is 5.75 Å². The first-order valence-corrected chi connectivity index (χ1v) is 12.0. The van der Waals surface area contributed by atoms with Gasteiger partial charge in [0.2, 0.25) is 5.91 Å². The van der Waals surface area contributed by atoms with Crippen LogP contribution in [0.1, 0.15) is 11.1 Å². The summed E-state index contributed by atoms with van der Waals surface area (Å²) in [7, 11) is 1.58. The lowest BCUT2D eigenvalue weighted by molar-refractivity contribution is -0.113. The van der Waals surface area contributed by atoms with Crippen LogP contribution < -0.4 is 19.9 Å². The van der Waals surface area contributed by atoms with Crippen molar-refractivity contribution in [3.8, 4) is 5.75 Å². The summed E-state index contributed by atoms with van der Waals surface area (Å²) in [5.41, 5.74) is 4.57. The number of ether oxygens (including phenoxy) is 1. The van der Waals surface area contributed by atoms with Crippen molar-refractivity contribution in [2.75, 3.05) is 54.2 Å². The summed E-state index contributed by atoms with van der Waals surface area (Å²) in [5, 5.41) is 12.3. The van der Waals surface area contributed by atoms with E-state index in [1.807, 2.05) is 36.4 Å². The van der Waals surface area contributed by atoms with Crippen LogP contribution in [0.4, 0.5) is 17.2 Å². The summed E-state index contributed by atoms with van der Waals surface area (Å²) >= 11 is 1.36. The van der Waals surface area contributed by atoms with Gasteiger partial charge >= 0.3 is 0 Å². The van der Waals surface area contributed by atoms with Crippen LogP contribution in [0.2, 0.25) is 0 Å². The van der Waals surface area contributed by atoms with Crippen LogP contribution in [0.25, 0.3) is 0 Å². The van der Waals surface area contributed by atoms with E-state index in [1.165, 1.54) is 28.6 Å². The Morgan fingerprint density at radius 3 is 2.48 bits per heavy atom. The Hall–Kier alpha value is -3.26. The number of benzene rings is 2. The van der Waals surface area contributed by atoms with Gasteiger partial charge in [0.15, 0.2) is 5.82 Å². The molecule has 1 aliphatic heterocycles. The fourth-order valence-corrected chi connectivity index (χ4v) is 4.48. The van der Waals surface area contributed by atoms with Crippen molar-refractivity contribution in [3.05, 3.63) is 65.7 Å². The number of carbonyl (C=O) groups excluding carboxylic acids is 1. The number of anilines is 3. The van der Waals surface area contributed by atoms with Crippen molar-refractivity contribution < 1.29 is 9.53 Å². The van der Waals surface area contributed by atoms with Crippen molar-refractivity contribution in [2.24, 2.45) is 0 Å². The molecule has 0 saturated carbocycles. The van der Waals surface area contributed by atoms with E-state index in [0.717, 1.165) is 37.0 Å². The fourth-order valence-electron chi connectivity index (χ4n) is 3.87. The average Bonchev–Trinajstić information content (AvgIpc) is 2.85. The molecular formula is C25H29N5O2S. The largest absolute Gasteiger partial charge is 0.495 e. The maximum atomic E-state index is 12.3. The van der Waals surface area contributed by atoms with E-state index in [9.17, 15) is 4.79 Å². The Kier molecular flexibility index (Phi) is 7.34. The first kappa shape index (κ1) is 22.9. The number of nitrogens with zero attached hydrogens (tertiary/aromatic N) is 4. The third kappa shape index (κ3) is 5.76. The minimum Gasteiger partial charge on any atom is -0.495 e. The summed E-state index contributed by atoms with van der Waals surface area (Å²) in [6.45, 7) is 8.00. The predicted octanol–water partition coefficient (Wildman–Crippen LogP) is 4.16. The minimum atomic E-state index is -0.113. The number of para-hydroxylation sites is 2.